The summed E-state index contributed by atoms with van der Waals surface area (Å²) in [6, 6.07) is 13.0. The molecule has 1 N–H and O–H groups in total. The standard InChI is InChI=1S/C24H31ClN2O4S/c1-5-21(27(32(4,29)30)18-14-12-17(25)13-15-18)23(28)26-20-16-24(6-2,7-3)31-22-11-9-8-10-19(20)22/h8-15,20-21H,5-7,16H2,1-4H3,(H,26,28)/t20-,21-/m1/s1. The summed E-state index contributed by atoms with van der Waals surface area (Å²) in [5.41, 5.74) is 0.939. The van der Waals surface area contributed by atoms with Crippen LogP contribution in [-0.2, 0) is 14.8 Å². The summed E-state index contributed by atoms with van der Waals surface area (Å²) in [4.78, 5) is 13.5. The minimum atomic E-state index is -3.72. The number of ether oxygens (including phenoxy) is 1. The van der Waals surface area contributed by atoms with Crippen molar-refractivity contribution in [3.8, 4) is 5.75 Å². The van der Waals surface area contributed by atoms with Gasteiger partial charge in [0, 0.05) is 17.0 Å². The Morgan fingerprint density at radius 3 is 2.34 bits per heavy atom. The number of nitrogens with one attached hydrogen (secondary N) is 1. The highest BCUT2D eigenvalue weighted by Gasteiger charge is 2.40. The first kappa shape index (κ1) is 24.4. The van der Waals surface area contributed by atoms with Crippen LogP contribution in [0.2, 0.25) is 5.02 Å². The van der Waals surface area contributed by atoms with Crippen molar-refractivity contribution in [2.75, 3.05) is 10.6 Å². The third-order valence-corrected chi connectivity index (χ3v) is 7.64. The van der Waals surface area contributed by atoms with Crippen LogP contribution in [0, 0.1) is 0 Å². The predicted molar refractivity (Wildman–Crippen MR) is 129 cm³/mol. The maximum atomic E-state index is 13.5. The number of anilines is 1. The Balaban J connectivity index is 1.95. The van der Waals surface area contributed by atoms with E-state index in [0.29, 0.717) is 23.6 Å². The third kappa shape index (κ3) is 5.04. The molecule has 0 radical (unpaired) electrons. The van der Waals surface area contributed by atoms with Crippen molar-refractivity contribution < 1.29 is 17.9 Å². The molecule has 1 amide bonds. The first-order chi connectivity index (χ1) is 15.1. The molecule has 0 bridgehead atoms. The molecule has 0 unspecified atom stereocenters. The van der Waals surface area contributed by atoms with Crippen LogP contribution in [-0.4, -0.2) is 32.2 Å². The molecule has 2 atom stereocenters. The van der Waals surface area contributed by atoms with Crippen molar-refractivity contribution in [2.24, 2.45) is 0 Å². The lowest BCUT2D eigenvalue weighted by Crippen LogP contribution is -2.52. The van der Waals surface area contributed by atoms with Crippen molar-refractivity contribution in [3.05, 3.63) is 59.1 Å². The van der Waals surface area contributed by atoms with Crippen molar-refractivity contribution in [3.63, 3.8) is 0 Å². The number of sulfonamides is 1. The van der Waals surface area contributed by atoms with Crippen LogP contribution >= 0.6 is 11.6 Å². The van der Waals surface area contributed by atoms with Gasteiger partial charge in [-0.2, -0.15) is 0 Å². The molecular formula is C24H31ClN2O4S. The zero-order chi connectivity index (χ0) is 23.5. The van der Waals surface area contributed by atoms with Gasteiger partial charge in [0.1, 0.15) is 17.4 Å². The number of fused-ring (bicyclic) bond motifs is 1. The van der Waals surface area contributed by atoms with E-state index in [9.17, 15) is 13.2 Å². The van der Waals surface area contributed by atoms with Gasteiger partial charge in [-0.25, -0.2) is 8.42 Å². The molecule has 0 saturated heterocycles. The molecule has 174 valence electrons. The van der Waals surface area contributed by atoms with Gasteiger partial charge in [-0.1, -0.05) is 50.6 Å². The second-order valence-corrected chi connectivity index (χ2v) is 10.6. The van der Waals surface area contributed by atoms with Gasteiger partial charge in [0.15, 0.2) is 0 Å². The Kier molecular flexibility index (Phi) is 7.40. The summed E-state index contributed by atoms with van der Waals surface area (Å²) >= 11 is 5.98. The predicted octanol–water partition coefficient (Wildman–Crippen LogP) is 5.08. The Morgan fingerprint density at radius 2 is 1.78 bits per heavy atom. The highest BCUT2D eigenvalue weighted by atomic mass is 35.5. The molecule has 0 aliphatic carbocycles. The number of halogens is 1. The first-order valence-corrected chi connectivity index (χ1v) is 13.2. The molecular weight excluding hydrogens is 448 g/mol. The lowest BCUT2D eigenvalue weighted by molar-refractivity contribution is -0.123. The summed E-state index contributed by atoms with van der Waals surface area (Å²) in [6.07, 6.45) is 3.67. The molecule has 0 fully saturated rings. The molecule has 32 heavy (non-hydrogen) atoms. The van der Waals surface area contributed by atoms with E-state index in [4.69, 9.17) is 16.3 Å². The molecule has 0 spiro atoms. The number of hydrogen-bond donors (Lipinski definition) is 1. The van der Waals surface area contributed by atoms with E-state index in [1.165, 1.54) is 4.31 Å². The van der Waals surface area contributed by atoms with Crippen LogP contribution in [0.5, 0.6) is 5.75 Å². The Labute approximate surface area is 196 Å². The fourth-order valence-electron chi connectivity index (χ4n) is 4.35. The molecule has 2 aromatic rings. The molecule has 0 aromatic heterocycles. The van der Waals surface area contributed by atoms with Crippen LogP contribution in [0.3, 0.4) is 0 Å². The van der Waals surface area contributed by atoms with Crippen molar-refractivity contribution in [2.45, 2.75) is 64.1 Å². The highest BCUT2D eigenvalue weighted by Crippen LogP contribution is 2.42. The molecule has 6 nitrogen and oxygen atoms in total. The fourth-order valence-corrected chi connectivity index (χ4v) is 5.68. The number of rotatable bonds is 8. The van der Waals surface area contributed by atoms with Crippen LogP contribution in [0.4, 0.5) is 5.69 Å². The monoisotopic (exact) mass is 478 g/mol. The van der Waals surface area contributed by atoms with E-state index in [-0.39, 0.29) is 17.6 Å². The zero-order valence-corrected chi connectivity index (χ0v) is 20.5. The summed E-state index contributed by atoms with van der Waals surface area (Å²) in [7, 11) is -3.72. The maximum Gasteiger partial charge on any atom is 0.244 e. The minimum absolute atomic E-state index is 0.270. The molecule has 1 heterocycles. The van der Waals surface area contributed by atoms with E-state index >= 15 is 0 Å². The van der Waals surface area contributed by atoms with Crippen molar-refractivity contribution in [1.29, 1.82) is 0 Å². The van der Waals surface area contributed by atoms with E-state index in [2.05, 4.69) is 19.2 Å². The van der Waals surface area contributed by atoms with Gasteiger partial charge >= 0.3 is 0 Å². The van der Waals surface area contributed by atoms with Crippen molar-refractivity contribution in [1.82, 2.24) is 5.32 Å². The number of carbonyl (C=O) groups excluding carboxylic acids is 1. The Bertz CT molecular complexity index is 1050. The molecule has 3 rings (SSSR count). The lowest BCUT2D eigenvalue weighted by Gasteiger charge is -2.42. The Morgan fingerprint density at radius 1 is 1.16 bits per heavy atom. The quantitative estimate of drug-likeness (QED) is 0.573. The summed E-state index contributed by atoms with van der Waals surface area (Å²) in [6.45, 7) is 5.97. The number of nitrogens with zero attached hydrogens (tertiary/aromatic N) is 1. The Hall–Kier alpha value is -2.25. The van der Waals surface area contributed by atoms with Gasteiger partial charge in [-0.15, -0.1) is 0 Å². The van der Waals surface area contributed by atoms with Gasteiger partial charge in [0.25, 0.3) is 0 Å². The van der Waals surface area contributed by atoms with E-state index in [1.54, 1.807) is 31.2 Å². The van der Waals surface area contributed by atoms with E-state index in [0.717, 1.165) is 30.4 Å². The lowest BCUT2D eigenvalue weighted by atomic mass is 9.83. The minimum Gasteiger partial charge on any atom is -0.487 e. The SMILES string of the molecule is CC[C@H](C(=O)N[C@@H]1CC(CC)(CC)Oc2ccccc21)N(c1ccc(Cl)cc1)S(C)(=O)=O. The normalized spacial score (nSPS) is 18.2. The van der Waals surface area contributed by atoms with Crippen LogP contribution in [0.25, 0.3) is 0 Å². The second-order valence-electron chi connectivity index (χ2n) is 8.25. The van der Waals surface area contributed by atoms with Gasteiger partial charge < -0.3 is 10.1 Å². The molecule has 1 aliphatic rings. The number of amides is 1. The summed E-state index contributed by atoms with van der Waals surface area (Å²) in [5, 5.41) is 3.63. The fraction of sp³-hybridized carbons (Fsp3) is 0.458. The van der Waals surface area contributed by atoms with E-state index < -0.39 is 16.1 Å². The number of hydrogen-bond acceptors (Lipinski definition) is 4. The van der Waals surface area contributed by atoms with Crippen LogP contribution in [0.15, 0.2) is 48.5 Å². The van der Waals surface area contributed by atoms with Gasteiger partial charge in [-0.05, 0) is 49.6 Å². The molecule has 2 aromatic carbocycles. The highest BCUT2D eigenvalue weighted by molar-refractivity contribution is 7.92. The van der Waals surface area contributed by atoms with Gasteiger partial charge in [0.05, 0.1) is 18.0 Å². The maximum absolute atomic E-state index is 13.5. The van der Waals surface area contributed by atoms with Gasteiger partial charge in [0.2, 0.25) is 15.9 Å². The number of carbonyl (C=O) groups is 1. The van der Waals surface area contributed by atoms with Crippen molar-refractivity contribution >= 4 is 33.2 Å². The smallest absolute Gasteiger partial charge is 0.244 e. The zero-order valence-electron chi connectivity index (χ0n) is 19.0. The summed E-state index contributed by atoms with van der Waals surface area (Å²) < 4.78 is 32.9. The second kappa shape index (κ2) is 9.71. The largest absolute Gasteiger partial charge is 0.487 e. The molecule has 0 saturated carbocycles. The third-order valence-electron chi connectivity index (χ3n) is 6.21. The van der Waals surface area contributed by atoms with E-state index in [1.807, 2.05) is 24.3 Å². The number of benzene rings is 2. The van der Waals surface area contributed by atoms with Gasteiger partial charge in [-0.3, -0.25) is 9.10 Å². The summed E-state index contributed by atoms with van der Waals surface area (Å²) in [5.74, 6) is 0.425. The van der Waals surface area contributed by atoms with Crippen LogP contribution in [0.1, 0.15) is 58.1 Å². The number of para-hydroxylation sites is 1. The first-order valence-electron chi connectivity index (χ1n) is 11.0. The topological polar surface area (TPSA) is 75.7 Å². The average Bonchev–Trinajstić information content (AvgIpc) is 2.77. The van der Waals surface area contributed by atoms with Crippen LogP contribution < -0.4 is 14.4 Å². The average molecular weight is 479 g/mol. The molecule has 8 heteroatoms. The molecule has 1 aliphatic heterocycles.